The molecule has 0 saturated carbocycles. The average Bonchev–Trinajstić information content (AvgIpc) is 2.73. The van der Waals surface area contributed by atoms with E-state index in [4.69, 9.17) is 9.73 Å². The predicted octanol–water partition coefficient (Wildman–Crippen LogP) is 4.15. The van der Waals surface area contributed by atoms with Gasteiger partial charge in [0.2, 0.25) is 0 Å². The maximum Gasteiger partial charge on any atom is 0.162 e. The molecule has 30 heavy (non-hydrogen) atoms. The van der Waals surface area contributed by atoms with Crippen LogP contribution in [0, 0.1) is 5.92 Å². The Balaban J connectivity index is 1.67. The summed E-state index contributed by atoms with van der Waals surface area (Å²) in [6.07, 6.45) is 14.0. The molecule has 1 aliphatic heterocycles. The van der Waals surface area contributed by atoms with Gasteiger partial charge in [0.05, 0.1) is 12.8 Å². The van der Waals surface area contributed by atoms with Crippen LogP contribution in [0.25, 0.3) is 0 Å². The molecular formula is C25H33N3O2. The molecular weight excluding hydrogens is 374 g/mol. The number of benzene rings is 1. The molecule has 0 bridgehead atoms. The van der Waals surface area contributed by atoms with Crippen LogP contribution in [0.2, 0.25) is 0 Å². The van der Waals surface area contributed by atoms with Crippen LogP contribution in [0.15, 0.2) is 65.5 Å². The lowest BCUT2D eigenvalue weighted by atomic mass is 9.91. The zero-order valence-electron chi connectivity index (χ0n) is 18.3. The van der Waals surface area contributed by atoms with Crippen LogP contribution < -0.4 is 0 Å². The third kappa shape index (κ3) is 6.17. The molecule has 0 aromatic heterocycles. The van der Waals surface area contributed by atoms with E-state index >= 15 is 0 Å². The summed E-state index contributed by atoms with van der Waals surface area (Å²) >= 11 is 0. The highest BCUT2D eigenvalue weighted by Crippen LogP contribution is 2.28. The van der Waals surface area contributed by atoms with E-state index in [9.17, 15) is 4.79 Å². The lowest BCUT2D eigenvalue weighted by Gasteiger charge is -2.31. The number of allylic oxidation sites excluding steroid dienone is 5. The fraction of sp³-hybridized carbons (Fsp3) is 0.440. The summed E-state index contributed by atoms with van der Waals surface area (Å²) in [4.78, 5) is 21.3. The molecule has 3 rings (SSSR count). The predicted molar refractivity (Wildman–Crippen MR) is 122 cm³/mol. The summed E-state index contributed by atoms with van der Waals surface area (Å²) < 4.78 is 5.92. The highest BCUT2D eigenvalue weighted by molar-refractivity contribution is 5.94. The normalized spacial score (nSPS) is 20.7. The van der Waals surface area contributed by atoms with Crippen LogP contribution in [0.1, 0.15) is 37.1 Å². The van der Waals surface area contributed by atoms with Crippen LogP contribution in [0.5, 0.6) is 0 Å². The van der Waals surface area contributed by atoms with Crippen molar-refractivity contribution in [3.05, 3.63) is 71.7 Å². The molecule has 0 radical (unpaired) electrons. The quantitative estimate of drug-likeness (QED) is 0.547. The van der Waals surface area contributed by atoms with Gasteiger partial charge in [0.25, 0.3) is 0 Å². The molecule has 0 fully saturated rings. The SMILES string of the molecule is CCCN1C=C(OCCCN(C)C)C=NC1c1cccc(CC2C=CC=CC2=O)c1. The topological polar surface area (TPSA) is 45.1 Å². The molecule has 0 N–H and O–H groups in total. The van der Waals surface area contributed by atoms with Crippen molar-refractivity contribution in [2.24, 2.45) is 10.9 Å². The van der Waals surface area contributed by atoms with E-state index in [1.807, 2.05) is 18.4 Å². The van der Waals surface area contributed by atoms with Crippen LogP contribution >= 0.6 is 0 Å². The molecule has 1 heterocycles. The van der Waals surface area contributed by atoms with Gasteiger partial charge in [-0.25, -0.2) is 0 Å². The first-order chi connectivity index (χ1) is 14.6. The van der Waals surface area contributed by atoms with Crippen molar-refractivity contribution in [1.29, 1.82) is 0 Å². The largest absolute Gasteiger partial charge is 0.490 e. The molecule has 1 aromatic carbocycles. The maximum atomic E-state index is 12.1. The van der Waals surface area contributed by atoms with Crippen molar-refractivity contribution in [2.45, 2.75) is 32.4 Å². The fourth-order valence-corrected chi connectivity index (χ4v) is 3.74. The molecule has 160 valence electrons. The van der Waals surface area contributed by atoms with Gasteiger partial charge in [0, 0.05) is 25.2 Å². The van der Waals surface area contributed by atoms with Gasteiger partial charge in [0.15, 0.2) is 11.5 Å². The Labute approximate surface area is 180 Å². The second kappa shape index (κ2) is 10.9. The van der Waals surface area contributed by atoms with Gasteiger partial charge in [-0.1, -0.05) is 49.4 Å². The molecule has 5 heteroatoms. The molecule has 5 nitrogen and oxygen atoms in total. The van der Waals surface area contributed by atoms with E-state index in [1.165, 1.54) is 0 Å². The van der Waals surface area contributed by atoms with Gasteiger partial charge >= 0.3 is 0 Å². The average molecular weight is 408 g/mol. The van der Waals surface area contributed by atoms with Crippen molar-refractivity contribution < 1.29 is 9.53 Å². The second-order valence-corrected chi connectivity index (χ2v) is 8.13. The van der Waals surface area contributed by atoms with E-state index in [0.717, 1.165) is 42.8 Å². The number of hydrogen-bond donors (Lipinski definition) is 0. The van der Waals surface area contributed by atoms with E-state index < -0.39 is 0 Å². The monoisotopic (exact) mass is 407 g/mol. The van der Waals surface area contributed by atoms with Crippen LogP contribution in [0.4, 0.5) is 0 Å². The summed E-state index contributed by atoms with van der Waals surface area (Å²) in [5.41, 5.74) is 2.30. The lowest BCUT2D eigenvalue weighted by Crippen LogP contribution is -2.27. The highest BCUT2D eigenvalue weighted by atomic mass is 16.5. The third-order valence-corrected chi connectivity index (χ3v) is 5.24. The van der Waals surface area contributed by atoms with Crippen molar-refractivity contribution in [2.75, 3.05) is 33.8 Å². The summed E-state index contributed by atoms with van der Waals surface area (Å²) in [7, 11) is 4.14. The number of carbonyl (C=O) groups excluding carboxylic acids is 1. The number of hydrogen-bond acceptors (Lipinski definition) is 5. The highest BCUT2D eigenvalue weighted by Gasteiger charge is 2.22. The van der Waals surface area contributed by atoms with Crippen molar-refractivity contribution in [1.82, 2.24) is 9.80 Å². The van der Waals surface area contributed by atoms with Crippen LogP contribution in [-0.2, 0) is 16.0 Å². The summed E-state index contributed by atoms with van der Waals surface area (Å²) in [6.45, 7) is 4.78. The minimum absolute atomic E-state index is 0.0588. The number of carbonyl (C=O) groups is 1. The first-order valence-corrected chi connectivity index (χ1v) is 10.8. The number of ether oxygens (including phenoxy) is 1. The smallest absolute Gasteiger partial charge is 0.162 e. The van der Waals surface area contributed by atoms with Gasteiger partial charge in [-0.15, -0.1) is 0 Å². The Hall–Kier alpha value is -2.66. The first kappa shape index (κ1) is 22.0. The minimum Gasteiger partial charge on any atom is -0.490 e. The van der Waals surface area contributed by atoms with Gasteiger partial charge in [-0.2, -0.15) is 0 Å². The number of aliphatic imine (C=N–C) groups is 1. The molecule has 1 aliphatic carbocycles. The Morgan fingerprint density at radius 2 is 2.10 bits per heavy atom. The summed E-state index contributed by atoms with van der Waals surface area (Å²) in [6, 6.07) is 8.45. The molecule has 2 atom stereocenters. The summed E-state index contributed by atoms with van der Waals surface area (Å²) in [5.74, 6) is 0.915. The second-order valence-electron chi connectivity index (χ2n) is 8.13. The third-order valence-electron chi connectivity index (χ3n) is 5.24. The zero-order valence-corrected chi connectivity index (χ0v) is 18.3. The van der Waals surface area contributed by atoms with Gasteiger partial charge < -0.3 is 14.5 Å². The minimum atomic E-state index is -0.0751. The Kier molecular flexibility index (Phi) is 8.03. The molecule has 0 amide bonds. The van der Waals surface area contributed by atoms with Crippen molar-refractivity contribution in [3.63, 3.8) is 0 Å². The van der Waals surface area contributed by atoms with Gasteiger partial charge in [-0.05, 0) is 50.6 Å². The van der Waals surface area contributed by atoms with E-state index in [2.05, 4.69) is 61.3 Å². The van der Waals surface area contributed by atoms with E-state index in [-0.39, 0.29) is 17.9 Å². The van der Waals surface area contributed by atoms with Gasteiger partial charge in [-0.3, -0.25) is 9.79 Å². The Morgan fingerprint density at radius 3 is 2.87 bits per heavy atom. The number of rotatable bonds is 10. The van der Waals surface area contributed by atoms with Crippen molar-refractivity contribution >= 4 is 12.0 Å². The van der Waals surface area contributed by atoms with Gasteiger partial charge in [0.1, 0.15) is 6.17 Å². The first-order valence-electron chi connectivity index (χ1n) is 10.8. The molecule has 0 spiro atoms. The standard InChI is InChI=1S/C25H33N3O2/c1-4-13-28-19-23(30-15-8-14-27(2)3)18-26-25(28)22-11-7-9-20(17-22)16-21-10-5-6-12-24(21)29/h5-7,9-12,17-19,21,25H,4,8,13-16H2,1-3H3. The number of nitrogens with zero attached hydrogens (tertiary/aromatic N) is 3. The molecule has 0 saturated heterocycles. The zero-order chi connectivity index (χ0) is 21.3. The summed E-state index contributed by atoms with van der Waals surface area (Å²) in [5, 5.41) is 0. The van der Waals surface area contributed by atoms with E-state index in [1.54, 1.807) is 12.2 Å². The molecule has 2 unspecified atom stereocenters. The molecule has 1 aromatic rings. The Morgan fingerprint density at radius 1 is 1.23 bits per heavy atom. The Bertz CT molecular complexity index is 839. The van der Waals surface area contributed by atoms with Crippen LogP contribution in [0.3, 0.4) is 0 Å². The van der Waals surface area contributed by atoms with Crippen LogP contribution in [-0.4, -0.2) is 55.6 Å². The molecule has 2 aliphatic rings. The fourth-order valence-electron chi connectivity index (χ4n) is 3.74. The lowest BCUT2D eigenvalue weighted by molar-refractivity contribution is -0.117. The van der Waals surface area contributed by atoms with Crippen molar-refractivity contribution in [3.8, 4) is 0 Å². The van der Waals surface area contributed by atoms with E-state index in [0.29, 0.717) is 13.0 Å². The number of ketones is 1. The maximum absolute atomic E-state index is 12.1.